The SMILES string of the molecule is O[N+](=Cc1ccc(-c2ccccc2)cc1)c1ccc(OCNc2ccccc2)cc1. The van der Waals surface area contributed by atoms with E-state index in [0.717, 1.165) is 27.3 Å². The fourth-order valence-electron chi connectivity index (χ4n) is 3.06. The van der Waals surface area contributed by atoms with Crippen molar-refractivity contribution in [3.05, 3.63) is 115 Å². The summed E-state index contributed by atoms with van der Waals surface area (Å²) < 4.78 is 6.81. The Hall–Kier alpha value is -4.05. The molecule has 0 atom stereocenters. The van der Waals surface area contributed by atoms with Crippen molar-refractivity contribution >= 4 is 17.6 Å². The Morgan fingerprint density at radius 1 is 0.700 bits per heavy atom. The molecule has 0 radical (unpaired) electrons. The summed E-state index contributed by atoms with van der Waals surface area (Å²) >= 11 is 0. The molecule has 4 rings (SSSR count). The van der Waals surface area contributed by atoms with Gasteiger partial charge >= 0.3 is 0 Å². The van der Waals surface area contributed by atoms with Gasteiger partial charge in [0.05, 0.1) is 0 Å². The Kier molecular flexibility index (Phi) is 6.06. The molecule has 0 aliphatic heterocycles. The highest BCUT2D eigenvalue weighted by molar-refractivity contribution is 5.78. The van der Waals surface area contributed by atoms with Crippen LogP contribution in [0.3, 0.4) is 0 Å². The average molecular weight is 395 g/mol. The van der Waals surface area contributed by atoms with Crippen LogP contribution in [-0.4, -0.2) is 22.9 Å². The predicted molar refractivity (Wildman–Crippen MR) is 121 cm³/mol. The second-order valence-electron chi connectivity index (χ2n) is 6.79. The minimum absolute atomic E-state index is 0.367. The Morgan fingerprint density at radius 2 is 1.30 bits per heavy atom. The second kappa shape index (κ2) is 9.43. The zero-order valence-electron chi connectivity index (χ0n) is 16.5. The topological polar surface area (TPSA) is 44.5 Å². The fraction of sp³-hybridized carbons (Fsp3) is 0.0385. The van der Waals surface area contributed by atoms with Gasteiger partial charge in [0.1, 0.15) is 5.75 Å². The van der Waals surface area contributed by atoms with Gasteiger partial charge in [-0.25, -0.2) is 0 Å². The summed E-state index contributed by atoms with van der Waals surface area (Å²) in [4.78, 5) is 0. The first-order chi connectivity index (χ1) is 14.8. The van der Waals surface area contributed by atoms with E-state index < -0.39 is 0 Å². The molecule has 0 aliphatic rings. The Morgan fingerprint density at radius 3 is 1.97 bits per heavy atom. The molecule has 148 valence electrons. The van der Waals surface area contributed by atoms with Crippen molar-refractivity contribution in [2.24, 2.45) is 0 Å². The highest BCUT2D eigenvalue weighted by Gasteiger charge is 2.08. The van der Waals surface area contributed by atoms with Crippen molar-refractivity contribution in [1.82, 2.24) is 0 Å². The van der Waals surface area contributed by atoms with Crippen LogP contribution < -0.4 is 10.1 Å². The highest BCUT2D eigenvalue weighted by atomic mass is 16.5. The van der Waals surface area contributed by atoms with Crippen LogP contribution >= 0.6 is 0 Å². The minimum atomic E-state index is 0.367. The molecule has 0 heterocycles. The number of rotatable bonds is 7. The van der Waals surface area contributed by atoms with Crippen molar-refractivity contribution in [3.8, 4) is 16.9 Å². The van der Waals surface area contributed by atoms with Gasteiger partial charge in [0.15, 0.2) is 6.73 Å². The van der Waals surface area contributed by atoms with Crippen LogP contribution in [0.2, 0.25) is 0 Å². The smallest absolute Gasteiger partial charge is 0.257 e. The van der Waals surface area contributed by atoms with Crippen LogP contribution in [0.15, 0.2) is 109 Å². The third-order valence-corrected chi connectivity index (χ3v) is 4.68. The fourth-order valence-corrected chi connectivity index (χ4v) is 3.06. The molecule has 0 aliphatic carbocycles. The molecule has 2 N–H and O–H groups in total. The number of hydrogen-bond acceptors (Lipinski definition) is 3. The lowest BCUT2D eigenvalue weighted by atomic mass is 10.0. The number of hydrogen-bond donors (Lipinski definition) is 2. The lowest BCUT2D eigenvalue weighted by Gasteiger charge is -2.08. The third kappa shape index (κ3) is 5.06. The van der Waals surface area contributed by atoms with Gasteiger partial charge in [-0.1, -0.05) is 60.7 Å². The van der Waals surface area contributed by atoms with Crippen molar-refractivity contribution in [3.63, 3.8) is 0 Å². The van der Waals surface area contributed by atoms with Crippen LogP contribution in [0.4, 0.5) is 11.4 Å². The maximum atomic E-state index is 10.4. The van der Waals surface area contributed by atoms with Crippen molar-refractivity contribution < 1.29 is 14.7 Å². The maximum absolute atomic E-state index is 10.4. The van der Waals surface area contributed by atoms with Crippen molar-refractivity contribution in [2.75, 3.05) is 12.0 Å². The predicted octanol–water partition coefficient (Wildman–Crippen LogP) is 5.95. The van der Waals surface area contributed by atoms with Gasteiger partial charge in [-0.3, -0.25) is 5.21 Å². The first-order valence-electron chi connectivity index (χ1n) is 9.78. The molecule has 4 aromatic carbocycles. The Bertz CT molecular complexity index is 1090. The molecule has 0 unspecified atom stereocenters. The molecule has 0 amide bonds. The lowest BCUT2D eigenvalue weighted by molar-refractivity contribution is -0.709. The van der Waals surface area contributed by atoms with Crippen LogP contribution in [0, 0.1) is 0 Å². The summed E-state index contributed by atoms with van der Waals surface area (Å²) in [6.45, 7) is 0.367. The summed E-state index contributed by atoms with van der Waals surface area (Å²) in [6.07, 6.45) is 1.68. The number of nitrogens with one attached hydrogen (secondary N) is 1. The van der Waals surface area contributed by atoms with E-state index in [1.54, 1.807) is 6.21 Å². The molecule has 0 aromatic heterocycles. The van der Waals surface area contributed by atoms with E-state index in [-0.39, 0.29) is 0 Å². The molecule has 0 saturated carbocycles. The van der Waals surface area contributed by atoms with Gasteiger partial charge in [-0.15, -0.1) is 0 Å². The summed E-state index contributed by atoms with van der Waals surface area (Å²) in [5.41, 5.74) is 4.88. The van der Waals surface area contributed by atoms with Gasteiger partial charge in [0.2, 0.25) is 6.21 Å². The zero-order chi connectivity index (χ0) is 20.6. The van der Waals surface area contributed by atoms with E-state index in [1.165, 1.54) is 5.56 Å². The summed E-state index contributed by atoms with van der Waals surface area (Å²) in [5.74, 6) is 0.725. The lowest BCUT2D eigenvalue weighted by Crippen LogP contribution is -2.08. The standard InChI is InChI=1S/C26H23N2O2/c29-28(19-21-11-13-23(14-12-21)22-7-3-1-4-8-22)25-15-17-26(18-16-25)30-20-27-24-9-5-2-6-10-24/h1-19,27,29H,20H2/q+1. The van der Waals surface area contributed by atoms with Gasteiger partial charge in [-0.05, 0) is 47.5 Å². The average Bonchev–Trinajstić information content (AvgIpc) is 2.81. The van der Waals surface area contributed by atoms with E-state index in [0.29, 0.717) is 12.4 Å². The molecule has 4 heteroatoms. The van der Waals surface area contributed by atoms with Gasteiger partial charge < -0.3 is 10.1 Å². The number of ether oxygens (including phenoxy) is 1. The van der Waals surface area contributed by atoms with Crippen molar-refractivity contribution in [2.45, 2.75) is 0 Å². The van der Waals surface area contributed by atoms with E-state index in [9.17, 15) is 5.21 Å². The molecule has 30 heavy (non-hydrogen) atoms. The molecule has 0 fully saturated rings. The number of nitrogens with zero attached hydrogens (tertiary/aromatic N) is 1. The largest absolute Gasteiger partial charge is 0.473 e. The van der Waals surface area contributed by atoms with Gasteiger partial charge in [-0.2, -0.15) is 0 Å². The first kappa shape index (κ1) is 19.3. The third-order valence-electron chi connectivity index (χ3n) is 4.68. The molecule has 4 nitrogen and oxygen atoms in total. The number of para-hydroxylation sites is 1. The van der Waals surface area contributed by atoms with E-state index in [4.69, 9.17) is 4.74 Å². The summed E-state index contributed by atoms with van der Waals surface area (Å²) in [6, 6.07) is 35.4. The molecule has 0 saturated heterocycles. The monoisotopic (exact) mass is 395 g/mol. The molecule has 0 spiro atoms. The van der Waals surface area contributed by atoms with Crippen LogP contribution in [0.25, 0.3) is 11.1 Å². The zero-order valence-corrected chi connectivity index (χ0v) is 16.5. The van der Waals surface area contributed by atoms with Gasteiger partial charge in [0, 0.05) is 28.1 Å². The van der Waals surface area contributed by atoms with E-state index in [2.05, 4.69) is 17.4 Å². The summed E-state index contributed by atoms with van der Waals surface area (Å²) in [7, 11) is 0. The molecular weight excluding hydrogens is 372 g/mol. The Labute approximate surface area is 176 Å². The Balaban J connectivity index is 1.37. The number of anilines is 1. The quantitative estimate of drug-likeness (QED) is 0.134. The van der Waals surface area contributed by atoms with Crippen LogP contribution in [0.5, 0.6) is 5.75 Å². The van der Waals surface area contributed by atoms with Gasteiger partial charge in [0.25, 0.3) is 5.69 Å². The highest BCUT2D eigenvalue weighted by Crippen LogP contribution is 2.20. The summed E-state index contributed by atoms with van der Waals surface area (Å²) in [5, 5.41) is 13.6. The normalized spacial score (nSPS) is 11.1. The maximum Gasteiger partial charge on any atom is 0.257 e. The number of benzene rings is 4. The van der Waals surface area contributed by atoms with Crippen LogP contribution in [-0.2, 0) is 0 Å². The van der Waals surface area contributed by atoms with Crippen LogP contribution in [0.1, 0.15) is 5.56 Å². The molecule has 0 bridgehead atoms. The van der Waals surface area contributed by atoms with E-state index in [1.807, 2.05) is 97.1 Å². The second-order valence-corrected chi connectivity index (χ2v) is 6.79. The van der Waals surface area contributed by atoms with Crippen molar-refractivity contribution in [1.29, 1.82) is 0 Å². The van der Waals surface area contributed by atoms with E-state index >= 15 is 0 Å². The minimum Gasteiger partial charge on any atom is -0.473 e. The molecule has 4 aromatic rings. The molecular formula is C26H23N2O2+. The first-order valence-corrected chi connectivity index (χ1v) is 9.78.